The van der Waals surface area contributed by atoms with E-state index >= 15 is 0 Å². The summed E-state index contributed by atoms with van der Waals surface area (Å²) < 4.78 is 0. The number of carboxylic acids is 1. The number of rotatable bonds is 9. The Kier molecular flexibility index (Phi) is 10.4. The third-order valence-electron chi connectivity index (χ3n) is 3.62. The van der Waals surface area contributed by atoms with Gasteiger partial charge in [0.1, 0.15) is 11.7 Å². The van der Waals surface area contributed by atoms with Crippen LogP contribution in [0, 0.1) is 15.5 Å². The second-order valence-corrected chi connectivity index (χ2v) is 5.95. The van der Waals surface area contributed by atoms with Crippen molar-refractivity contribution in [2.45, 2.75) is 18.9 Å². The van der Waals surface area contributed by atoms with E-state index in [4.69, 9.17) is 16.2 Å². The molecule has 0 aliphatic carbocycles. The molecular weight excluding hydrogens is 392 g/mol. The number of para-hydroxylation sites is 1. The number of nitrogens with two attached hydrogens (primary N) is 1. The number of carboxylic acid groups (broad SMARTS) is 1. The first-order valence-corrected chi connectivity index (χ1v) is 8.92. The summed E-state index contributed by atoms with van der Waals surface area (Å²) in [6.07, 6.45) is 0.736. The number of hydrazine groups is 1. The van der Waals surface area contributed by atoms with Crippen molar-refractivity contribution < 1.29 is 19.7 Å². The molecule has 0 fully saturated rings. The quantitative estimate of drug-likeness (QED) is 0.116. The highest BCUT2D eigenvalue weighted by Gasteiger charge is 2.19. The number of guanidine groups is 1. The monoisotopic (exact) mass is 416 g/mol. The molecule has 160 valence electrons. The molecule has 1 amide bonds. The van der Waals surface area contributed by atoms with Crippen LogP contribution >= 0.6 is 0 Å². The summed E-state index contributed by atoms with van der Waals surface area (Å²) in [5, 5.41) is 30.4. The van der Waals surface area contributed by atoms with Gasteiger partial charge in [-0.2, -0.15) is 0 Å². The molecule has 0 bridgehead atoms. The molecule has 0 saturated carbocycles. The molecule has 7 N–H and O–H groups in total. The fourth-order valence-electron chi connectivity index (χ4n) is 2.24. The Morgan fingerprint density at radius 2 is 1.67 bits per heavy atom. The van der Waals surface area contributed by atoms with Crippen LogP contribution < -0.4 is 21.8 Å². The van der Waals surface area contributed by atoms with E-state index in [1.165, 1.54) is 0 Å². The van der Waals surface area contributed by atoms with Crippen LogP contribution in [0.2, 0.25) is 0 Å². The largest absolute Gasteiger partial charge is 0.480 e. The average Bonchev–Trinajstić information content (AvgIpc) is 2.71. The number of anilines is 1. The van der Waals surface area contributed by atoms with Crippen molar-refractivity contribution >= 4 is 23.5 Å². The topological polar surface area (TPSA) is 183 Å². The van der Waals surface area contributed by atoms with Crippen LogP contribution in [-0.2, 0) is 4.79 Å². The second-order valence-electron chi connectivity index (χ2n) is 5.95. The van der Waals surface area contributed by atoms with E-state index in [-0.39, 0.29) is 12.4 Å². The molecule has 0 spiro atoms. The lowest BCUT2D eigenvalue weighted by Crippen LogP contribution is -2.41. The zero-order valence-electron chi connectivity index (χ0n) is 16.1. The number of hydrogen-bond acceptors (Lipinski definition) is 5. The summed E-state index contributed by atoms with van der Waals surface area (Å²) in [5.74, 6) is -1.67. The minimum absolute atomic E-state index is 0.162. The fourth-order valence-corrected chi connectivity index (χ4v) is 2.24. The van der Waals surface area contributed by atoms with Gasteiger partial charge in [-0.1, -0.05) is 36.4 Å². The Bertz CT molecular complexity index is 832. The number of benzene rings is 2. The Hall–Kier alpha value is -4.15. The molecule has 0 aliphatic heterocycles. The number of aliphatic carboxylic acids is 1. The SMILES string of the molecule is N=C(N)NCCCC(NC(=O)c1ccccc1)C(=O)O.O=[N+]([O-])Nc1ccccc1. The summed E-state index contributed by atoms with van der Waals surface area (Å²) in [7, 11) is 0. The lowest BCUT2D eigenvalue weighted by Gasteiger charge is -2.14. The molecule has 2 aromatic carbocycles. The van der Waals surface area contributed by atoms with E-state index in [0.29, 0.717) is 24.2 Å². The number of hydrogen-bond donors (Lipinski definition) is 6. The van der Waals surface area contributed by atoms with E-state index in [1.807, 2.05) is 5.43 Å². The Morgan fingerprint density at radius 3 is 2.17 bits per heavy atom. The van der Waals surface area contributed by atoms with Gasteiger partial charge >= 0.3 is 5.97 Å². The Balaban J connectivity index is 0.000000375. The Morgan fingerprint density at radius 1 is 1.10 bits per heavy atom. The van der Waals surface area contributed by atoms with Gasteiger partial charge < -0.3 is 21.5 Å². The standard InChI is InChI=1S/C13H18N4O3.C6H6N2O2/c14-13(15)16-8-4-7-10(12(19)20)17-11(18)9-5-2-1-3-6-9;9-8(10)7-6-4-2-1-3-5-6/h1-3,5-6,10H,4,7-8H2,(H,17,18)(H,19,20)(H4,14,15,16);1-5,7H. The normalized spacial score (nSPS) is 10.5. The van der Waals surface area contributed by atoms with Crippen molar-refractivity contribution in [3.63, 3.8) is 0 Å². The van der Waals surface area contributed by atoms with E-state index in [9.17, 15) is 19.7 Å². The van der Waals surface area contributed by atoms with Crippen LogP contribution in [-0.4, -0.2) is 40.6 Å². The lowest BCUT2D eigenvalue weighted by molar-refractivity contribution is -0.445. The van der Waals surface area contributed by atoms with Crippen molar-refractivity contribution in [2.75, 3.05) is 12.0 Å². The first-order valence-electron chi connectivity index (χ1n) is 8.92. The van der Waals surface area contributed by atoms with E-state index < -0.39 is 23.0 Å². The molecule has 0 saturated heterocycles. The van der Waals surface area contributed by atoms with Crippen molar-refractivity contribution in [1.29, 1.82) is 5.41 Å². The molecule has 1 unspecified atom stereocenters. The zero-order valence-corrected chi connectivity index (χ0v) is 16.1. The summed E-state index contributed by atoms with van der Waals surface area (Å²) in [5.41, 5.74) is 8.05. The summed E-state index contributed by atoms with van der Waals surface area (Å²) in [6, 6.07) is 16.0. The van der Waals surface area contributed by atoms with Gasteiger partial charge in [-0.15, -0.1) is 5.43 Å². The van der Waals surface area contributed by atoms with Crippen molar-refractivity contribution in [3.05, 3.63) is 76.3 Å². The summed E-state index contributed by atoms with van der Waals surface area (Å²) in [4.78, 5) is 32.8. The molecule has 2 aromatic rings. The van der Waals surface area contributed by atoms with Gasteiger partial charge in [-0.25, -0.2) is 14.9 Å². The predicted octanol–water partition coefficient (Wildman–Crippen LogP) is 1.42. The maximum atomic E-state index is 11.9. The third-order valence-corrected chi connectivity index (χ3v) is 3.62. The van der Waals surface area contributed by atoms with Gasteiger partial charge in [-0.3, -0.25) is 10.2 Å². The van der Waals surface area contributed by atoms with Crippen LogP contribution in [0.3, 0.4) is 0 Å². The zero-order chi connectivity index (χ0) is 22.4. The maximum Gasteiger partial charge on any atom is 0.326 e. The van der Waals surface area contributed by atoms with Gasteiger partial charge in [0, 0.05) is 12.1 Å². The Labute approximate surface area is 172 Å². The number of nitrogens with zero attached hydrogens (tertiary/aromatic N) is 1. The lowest BCUT2D eigenvalue weighted by atomic mass is 10.1. The number of amides is 1. The summed E-state index contributed by atoms with van der Waals surface area (Å²) >= 11 is 0. The molecule has 0 aliphatic rings. The average molecular weight is 416 g/mol. The van der Waals surface area contributed by atoms with E-state index in [0.717, 1.165) is 0 Å². The van der Waals surface area contributed by atoms with Crippen LogP contribution in [0.1, 0.15) is 23.2 Å². The van der Waals surface area contributed by atoms with Gasteiger partial charge in [0.05, 0.1) is 0 Å². The van der Waals surface area contributed by atoms with Gasteiger partial charge in [-0.05, 0) is 37.1 Å². The first kappa shape index (κ1) is 23.9. The van der Waals surface area contributed by atoms with Crippen LogP contribution in [0.25, 0.3) is 0 Å². The summed E-state index contributed by atoms with van der Waals surface area (Å²) in [6.45, 7) is 0.389. The minimum Gasteiger partial charge on any atom is -0.480 e. The highest BCUT2D eigenvalue weighted by molar-refractivity contribution is 5.96. The molecule has 0 heterocycles. The van der Waals surface area contributed by atoms with Gasteiger partial charge in [0.15, 0.2) is 11.0 Å². The van der Waals surface area contributed by atoms with Crippen molar-refractivity contribution in [1.82, 2.24) is 10.6 Å². The fraction of sp³-hybridized carbons (Fsp3) is 0.211. The van der Waals surface area contributed by atoms with Crippen molar-refractivity contribution in [3.8, 4) is 0 Å². The van der Waals surface area contributed by atoms with Gasteiger partial charge in [0.2, 0.25) is 0 Å². The minimum atomic E-state index is -1.09. The molecule has 0 radical (unpaired) electrons. The molecule has 1 atom stereocenters. The van der Waals surface area contributed by atoms with E-state index in [1.54, 1.807) is 60.7 Å². The molecule has 30 heavy (non-hydrogen) atoms. The number of nitrogens with one attached hydrogen (secondary N) is 4. The molecular formula is C19H24N6O5. The van der Waals surface area contributed by atoms with E-state index in [2.05, 4.69) is 10.6 Å². The van der Waals surface area contributed by atoms with Crippen LogP contribution in [0.15, 0.2) is 60.7 Å². The van der Waals surface area contributed by atoms with Crippen LogP contribution in [0.5, 0.6) is 0 Å². The molecule has 11 heteroatoms. The van der Waals surface area contributed by atoms with Gasteiger partial charge in [0.25, 0.3) is 5.91 Å². The highest BCUT2D eigenvalue weighted by Crippen LogP contribution is 2.04. The third kappa shape index (κ3) is 10.3. The highest BCUT2D eigenvalue weighted by atomic mass is 16.7. The predicted molar refractivity (Wildman–Crippen MR) is 112 cm³/mol. The molecule has 0 aromatic heterocycles. The number of nitro groups is 1. The number of carbonyl (C=O) groups is 2. The maximum absolute atomic E-state index is 11.9. The first-order chi connectivity index (χ1) is 14.3. The number of carbonyl (C=O) groups excluding carboxylic acids is 1. The van der Waals surface area contributed by atoms with Crippen molar-refractivity contribution in [2.24, 2.45) is 5.73 Å². The molecule has 2 rings (SSSR count). The molecule has 11 nitrogen and oxygen atoms in total. The van der Waals surface area contributed by atoms with Crippen LogP contribution in [0.4, 0.5) is 5.69 Å². The second kappa shape index (κ2) is 13.1. The smallest absolute Gasteiger partial charge is 0.326 e.